The number of carbonyl (C=O) groups is 1. The molecule has 1 aromatic carbocycles. The van der Waals surface area contributed by atoms with Crippen LogP contribution >= 0.6 is 22.9 Å². The first-order chi connectivity index (χ1) is 8.61. The van der Waals surface area contributed by atoms with Crippen molar-refractivity contribution in [2.45, 2.75) is 6.92 Å². The first-order valence-electron chi connectivity index (χ1n) is 5.31. The van der Waals surface area contributed by atoms with Crippen LogP contribution in [-0.2, 0) is 0 Å². The lowest BCUT2D eigenvalue weighted by molar-refractivity contribution is 0.103. The molecule has 1 amide bonds. The fourth-order valence-corrected chi connectivity index (χ4v) is 2.29. The highest BCUT2D eigenvalue weighted by atomic mass is 35.5. The maximum atomic E-state index is 12.0. The molecular formula is C13H12ClNO2S. The maximum absolute atomic E-state index is 12.0. The SMILES string of the molecule is COc1cc(Cl)c(C)cc1NC(=O)c1cccs1. The molecule has 2 rings (SSSR count). The number of methoxy groups -OCH3 is 1. The first kappa shape index (κ1) is 12.9. The number of hydrogen-bond donors (Lipinski definition) is 1. The summed E-state index contributed by atoms with van der Waals surface area (Å²) in [7, 11) is 1.54. The Morgan fingerprint density at radius 3 is 2.83 bits per heavy atom. The third-order valence-electron chi connectivity index (χ3n) is 2.47. The minimum Gasteiger partial charge on any atom is -0.495 e. The number of halogens is 1. The first-order valence-corrected chi connectivity index (χ1v) is 6.56. The van der Waals surface area contributed by atoms with Gasteiger partial charge in [0.25, 0.3) is 5.91 Å². The van der Waals surface area contributed by atoms with E-state index in [2.05, 4.69) is 5.32 Å². The summed E-state index contributed by atoms with van der Waals surface area (Å²) < 4.78 is 5.20. The Kier molecular flexibility index (Phi) is 3.89. The van der Waals surface area contributed by atoms with E-state index in [1.54, 1.807) is 25.3 Å². The maximum Gasteiger partial charge on any atom is 0.265 e. The number of anilines is 1. The molecule has 1 heterocycles. The van der Waals surface area contributed by atoms with Crippen molar-refractivity contribution < 1.29 is 9.53 Å². The highest BCUT2D eigenvalue weighted by Gasteiger charge is 2.12. The van der Waals surface area contributed by atoms with Gasteiger partial charge in [0.05, 0.1) is 17.7 Å². The molecule has 2 aromatic rings. The van der Waals surface area contributed by atoms with Crippen LogP contribution in [0, 0.1) is 6.92 Å². The Hall–Kier alpha value is -1.52. The second-order valence-corrected chi connectivity index (χ2v) is 5.09. The molecule has 3 nitrogen and oxygen atoms in total. The number of benzene rings is 1. The summed E-state index contributed by atoms with van der Waals surface area (Å²) >= 11 is 7.40. The number of amides is 1. The van der Waals surface area contributed by atoms with Crippen LogP contribution in [-0.4, -0.2) is 13.0 Å². The van der Waals surface area contributed by atoms with Crippen LogP contribution in [0.3, 0.4) is 0 Å². The summed E-state index contributed by atoms with van der Waals surface area (Å²) in [6, 6.07) is 7.10. The molecule has 1 N–H and O–H groups in total. The third-order valence-corrected chi connectivity index (χ3v) is 3.75. The Morgan fingerprint density at radius 1 is 1.44 bits per heavy atom. The second kappa shape index (κ2) is 5.42. The van der Waals surface area contributed by atoms with Crippen LogP contribution in [0.15, 0.2) is 29.6 Å². The Labute approximate surface area is 114 Å². The predicted molar refractivity (Wildman–Crippen MR) is 75.0 cm³/mol. The summed E-state index contributed by atoms with van der Waals surface area (Å²) in [4.78, 5) is 12.6. The van der Waals surface area contributed by atoms with Gasteiger partial charge in [-0.3, -0.25) is 4.79 Å². The second-order valence-electron chi connectivity index (χ2n) is 3.73. The van der Waals surface area contributed by atoms with Gasteiger partial charge in [0, 0.05) is 11.1 Å². The van der Waals surface area contributed by atoms with Gasteiger partial charge in [-0.25, -0.2) is 0 Å². The van der Waals surface area contributed by atoms with Gasteiger partial charge in [0.2, 0.25) is 0 Å². The van der Waals surface area contributed by atoms with Gasteiger partial charge in [0.15, 0.2) is 0 Å². The number of aryl methyl sites for hydroxylation is 1. The van der Waals surface area contributed by atoms with Gasteiger partial charge in [-0.05, 0) is 30.0 Å². The molecule has 0 bridgehead atoms. The van der Waals surface area contributed by atoms with Crippen molar-refractivity contribution in [1.29, 1.82) is 0 Å². The molecule has 0 fully saturated rings. The molecule has 0 aliphatic rings. The van der Waals surface area contributed by atoms with E-state index in [4.69, 9.17) is 16.3 Å². The van der Waals surface area contributed by atoms with Gasteiger partial charge in [-0.15, -0.1) is 11.3 Å². The summed E-state index contributed by atoms with van der Waals surface area (Å²) in [6.45, 7) is 1.88. The van der Waals surface area contributed by atoms with E-state index in [1.165, 1.54) is 11.3 Å². The summed E-state index contributed by atoms with van der Waals surface area (Å²) in [5, 5.41) is 5.29. The monoisotopic (exact) mass is 281 g/mol. The van der Waals surface area contributed by atoms with E-state index in [-0.39, 0.29) is 5.91 Å². The molecule has 94 valence electrons. The average Bonchev–Trinajstić information content (AvgIpc) is 2.87. The molecule has 0 atom stereocenters. The molecule has 0 spiro atoms. The van der Waals surface area contributed by atoms with Crippen LogP contribution < -0.4 is 10.1 Å². The lowest BCUT2D eigenvalue weighted by atomic mass is 10.2. The van der Waals surface area contributed by atoms with Crippen molar-refractivity contribution in [1.82, 2.24) is 0 Å². The smallest absolute Gasteiger partial charge is 0.265 e. The highest BCUT2D eigenvalue weighted by molar-refractivity contribution is 7.12. The van der Waals surface area contributed by atoms with Gasteiger partial charge < -0.3 is 10.1 Å². The van der Waals surface area contributed by atoms with E-state index < -0.39 is 0 Å². The molecule has 0 aliphatic carbocycles. The summed E-state index contributed by atoms with van der Waals surface area (Å²) in [5.41, 5.74) is 1.51. The quantitative estimate of drug-likeness (QED) is 0.924. The van der Waals surface area contributed by atoms with Crippen LogP contribution in [0.1, 0.15) is 15.2 Å². The fourth-order valence-electron chi connectivity index (χ4n) is 1.52. The number of carbonyl (C=O) groups excluding carboxylic acids is 1. The van der Waals surface area contributed by atoms with Crippen molar-refractivity contribution in [2.24, 2.45) is 0 Å². The average molecular weight is 282 g/mol. The third kappa shape index (κ3) is 2.66. The standard InChI is InChI=1S/C13H12ClNO2S/c1-8-6-10(11(17-2)7-9(8)14)15-13(16)12-4-3-5-18-12/h3-7H,1-2H3,(H,15,16). The zero-order chi connectivity index (χ0) is 13.1. The largest absolute Gasteiger partial charge is 0.495 e. The van der Waals surface area contributed by atoms with Crippen LogP contribution in [0.2, 0.25) is 5.02 Å². The van der Waals surface area contributed by atoms with Crippen molar-refractivity contribution in [3.05, 3.63) is 45.1 Å². The van der Waals surface area contributed by atoms with E-state index in [1.807, 2.05) is 18.4 Å². The molecule has 0 radical (unpaired) electrons. The fraction of sp³-hybridized carbons (Fsp3) is 0.154. The van der Waals surface area contributed by atoms with Crippen molar-refractivity contribution in [3.8, 4) is 5.75 Å². The Bertz CT molecular complexity index is 567. The van der Waals surface area contributed by atoms with E-state index in [9.17, 15) is 4.79 Å². The lowest BCUT2D eigenvalue weighted by Gasteiger charge is -2.11. The predicted octanol–water partition coefficient (Wildman–Crippen LogP) is 3.97. The minimum absolute atomic E-state index is 0.148. The molecule has 1 aromatic heterocycles. The normalized spacial score (nSPS) is 10.2. The molecule has 0 saturated heterocycles. The van der Waals surface area contributed by atoms with Gasteiger partial charge in [-0.1, -0.05) is 17.7 Å². The Morgan fingerprint density at radius 2 is 2.22 bits per heavy atom. The molecule has 5 heteroatoms. The highest BCUT2D eigenvalue weighted by Crippen LogP contribution is 2.31. The Balaban J connectivity index is 2.28. The van der Waals surface area contributed by atoms with E-state index in [0.717, 1.165) is 5.56 Å². The van der Waals surface area contributed by atoms with E-state index >= 15 is 0 Å². The zero-order valence-electron chi connectivity index (χ0n) is 9.99. The molecule has 0 unspecified atom stereocenters. The van der Waals surface area contributed by atoms with Crippen molar-refractivity contribution >= 4 is 34.5 Å². The molecule has 0 saturated carbocycles. The van der Waals surface area contributed by atoms with Crippen molar-refractivity contribution in [3.63, 3.8) is 0 Å². The van der Waals surface area contributed by atoms with E-state index in [0.29, 0.717) is 21.3 Å². The van der Waals surface area contributed by atoms with Gasteiger partial charge >= 0.3 is 0 Å². The van der Waals surface area contributed by atoms with Gasteiger partial charge in [0.1, 0.15) is 5.75 Å². The van der Waals surface area contributed by atoms with Gasteiger partial charge in [-0.2, -0.15) is 0 Å². The number of ether oxygens (including phenoxy) is 1. The zero-order valence-corrected chi connectivity index (χ0v) is 11.6. The molecule has 18 heavy (non-hydrogen) atoms. The number of hydrogen-bond acceptors (Lipinski definition) is 3. The van der Waals surface area contributed by atoms with Crippen LogP contribution in [0.5, 0.6) is 5.75 Å². The minimum atomic E-state index is -0.148. The van der Waals surface area contributed by atoms with Crippen molar-refractivity contribution in [2.75, 3.05) is 12.4 Å². The molecular weight excluding hydrogens is 270 g/mol. The summed E-state index contributed by atoms with van der Waals surface area (Å²) in [5.74, 6) is 0.403. The summed E-state index contributed by atoms with van der Waals surface area (Å²) in [6.07, 6.45) is 0. The number of thiophene rings is 1. The molecule has 0 aliphatic heterocycles. The number of rotatable bonds is 3. The number of nitrogens with one attached hydrogen (secondary N) is 1. The van der Waals surface area contributed by atoms with Crippen LogP contribution in [0.4, 0.5) is 5.69 Å². The topological polar surface area (TPSA) is 38.3 Å². The lowest BCUT2D eigenvalue weighted by Crippen LogP contribution is -2.11. The van der Waals surface area contributed by atoms with Crippen LogP contribution in [0.25, 0.3) is 0 Å².